The van der Waals surface area contributed by atoms with E-state index >= 15 is 0 Å². The molecule has 124 valence electrons. The minimum atomic E-state index is -0.807. The molecular weight excluding hydrogens is 310 g/mol. The molecule has 0 aliphatic heterocycles. The van der Waals surface area contributed by atoms with Crippen LogP contribution in [0.25, 0.3) is 11.1 Å². The monoisotopic (exact) mass is 327 g/mol. The van der Waals surface area contributed by atoms with Gasteiger partial charge < -0.3 is 14.3 Å². The van der Waals surface area contributed by atoms with E-state index in [9.17, 15) is 9.59 Å². The van der Waals surface area contributed by atoms with Crippen molar-refractivity contribution in [2.24, 2.45) is 7.05 Å². The number of ether oxygens (including phenoxy) is 1. The Bertz CT molecular complexity index is 921. The number of hydrogen-bond donors (Lipinski definition) is 1. The van der Waals surface area contributed by atoms with Crippen LogP contribution >= 0.6 is 0 Å². The van der Waals surface area contributed by atoms with Gasteiger partial charge in [0.1, 0.15) is 12.4 Å². The lowest BCUT2D eigenvalue weighted by Crippen LogP contribution is -2.08. The Kier molecular flexibility index (Phi) is 4.37. The Morgan fingerprint density at radius 1 is 1.17 bits per heavy atom. The molecule has 1 aromatic heterocycles. The summed E-state index contributed by atoms with van der Waals surface area (Å²) in [5.41, 5.74) is 3.13. The van der Waals surface area contributed by atoms with E-state index in [0.717, 1.165) is 16.6 Å². The molecule has 1 heterocycles. The molecule has 24 heavy (non-hydrogen) atoms. The zero-order valence-electron chi connectivity index (χ0n) is 13.2. The number of fused-ring (bicyclic) bond motifs is 1. The first-order valence-corrected chi connectivity index (χ1v) is 7.55. The molecule has 0 aliphatic rings. The molecule has 0 aliphatic carbocycles. The molecule has 0 saturated heterocycles. The van der Waals surface area contributed by atoms with Crippen LogP contribution < -0.4 is 10.5 Å². The van der Waals surface area contributed by atoms with Gasteiger partial charge in [0.05, 0.1) is 5.52 Å². The lowest BCUT2D eigenvalue weighted by molar-refractivity contribution is -0.136. The minimum absolute atomic E-state index is 0.114. The van der Waals surface area contributed by atoms with E-state index in [2.05, 4.69) is 0 Å². The summed E-state index contributed by atoms with van der Waals surface area (Å²) in [6, 6.07) is 12.9. The lowest BCUT2D eigenvalue weighted by atomic mass is 10.1. The van der Waals surface area contributed by atoms with Gasteiger partial charge >= 0.3 is 11.7 Å². The Morgan fingerprint density at radius 3 is 2.58 bits per heavy atom. The van der Waals surface area contributed by atoms with E-state index in [1.165, 1.54) is 4.57 Å². The van der Waals surface area contributed by atoms with Crippen LogP contribution in [0.3, 0.4) is 0 Å². The Balaban J connectivity index is 1.65. The van der Waals surface area contributed by atoms with Crippen LogP contribution in [0.5, 0.6) is 5.75 Å². The highest BCUT2D eigenvalue weighted by molar-refractivity contribution is 5.73. The van der Waals surface area contributed by atoms with Crippen molar-refractivity contribution in [3.8, 4) is 5.75 Å². The summed E-state index contributed by atoms with van der Waals surface area (Å²) in [5, 5.41) is 8.68. The summed E-state index contributed by atoms with van der Waals surface area (Å²) in [7, 11) is 1.66. The van der Waals surface area contributed by atoms with Gasteiger partial charge in [-0.25, -0.2) is 4.79 Å². The van der Waals surface area contributed by atoms with Gasteiger partial charge in [-0.15, -0.1) is 0 Å². The fourth-order valence-electron chi connectivity index (χ4n) is 2.44. The number of carbonyl (C=O) groups is 1. The van der Waals surface area contributed by atoms with Gasteiger partial charge in [0.25, 0.3) is 0 Å². The van der Waals surface area contributed by atoms with E-state index < -0.39 is 5.97 Å². The Labute approximate surface area is 137 Å². The second-order valence-corrected chi connectivity index (χ2v) is 5.56. The molecule has 3 aromatic rings. The maximum atomic E-state index is 11.5. The first kappa shape index (κ1) is 15.9. The third-order valence-corrected chi connectivity index (χ3v) is 3.81. The van der Waals surface area contributed by atoms with Crippen molar-refractivity contribution in [3.05, 3.63) is 64.1 Å². The molecule has 0 spiro atoms. The molecule has 3 rings (SSSR count). The maximum Gasteiger partial charge on any atom is 0.419 e. The van der Waals surface area contributed by atoms with Crippen LogP contribution in [0.1, 0.15) is 17.5 Å². The number of nitrogens with zero attached hydrogens (tertiary/aromatic N) is 1. The Hall–Kier alpha value is -3.02. The molecule has 6 nitrogen and oxygen atoms in total. The average Bonchev–Trinajstić information content (AvgIpc) is 2.86. The molecule has 0 atom stereocenters. The number of carboxylic acid groups (broad SMARTS) is 1. The zero-order valence-corrected chi connectivity index (χ0v) is 13.2. The van der Waals surface area contributed by atoms with Gasteiger partial charge in [-0.3, -0.25) is 9.36 Å². The number of aliphatic carboxylic acids is 1. The van der Waals surface area contributed by atoms with E-state index in [1.807, 2.05) is 36.4 Å². The third-order valence-electron chi connectivity index (χ3n) is 3.81. The van der Waals surface area contributed by atoms with Gasteiger partial charge in [-0.05, 0) is 41.8 Å². The van der Waals surface area contributed by atoms with Crippen molar-refractivity contribution in [2.45, 2.75) is 19.4 Å². The smallest absolute Gasteiger partial charge is 0.419 e. The molecule has 1 N–H and O–H groups in total. The normalized spacial score (nSPS) is 10.9. The first-order chi connectivity index (χ1) is 11.5. The molecule has 0 unspecified atom stereocenters. The fraction of sp³-hybridized carbons (Fsp3) is 0.222. The van der Waals surface area contributed by atoms with Crippen molar-refractivity contribution in [2.75, 3.05) is 0 Å². The third kappa shape index (κ3) is 3.48. The first-order valence-electron chi connectivity index (χ1n) is 7.55. The predicted octanol–water partition coefficient (Wildman–Crippen LogP) is 2.73. The van der Waals surface area contributed by atoms with E-state index in [1.54, 1.807) is 13.1 Å². The highest BCUT2D eigenvalue weighted by Gasteiger charge is 2.07. The summed E-state index contributed by atoms with van der Waals surface area (Å²) in [6.45, 7) is 0.350. The van der Waals surface area contributed by atoms with Crippen LogP contribution in [0.2, 0.25) is 0 Å². The molecule has 0 radical (unpaired) electrons. The number of carboxylic acids is 1. The summed E-state index contributed by atoms with van der Waals surface area (Å²) in [6.07, 6.45) is 0.613. The van der Waals surface area contributed by atoms with Crippen molar-refractivity contribution in [1.29, 1.82) is 0 Å². The second kappa shape index (κ2) is 6.62. The summed E-state index contributed by atoms with van der Waals surface area (Å²) >= 11 is 0. The SMILES string of the molecule is Cn1c(=O)oc2cc(COc3ccc(CCC(=O)O)cc3)ccc21. The van der Waals surface area contributed by atoms with Crippen molar-refractivity contribution in [1.82, 2.24) is 4.57 Å². The minimum Gasteiger partial charge on any atom is -0.489 e. The quantitative estimate of drug-likeness (QED) is 0.753. The van der Waals surface area contributed by atoms with E-state index in [4.69, 9.17) is 14.3 Å². The molecular formula is C18H17NO5. The zero-order chi connectivity index (χ0) is 17.1. The number of benzene rings is 2. The highest BCUT2D eigenvalue weighted by Crippen LogP contribution is 2.18. The van der Waals surface area contributed by atoms with E-state index in [0.29, 0.717) is 24.4 Å². The number of aromatic nitrogens is 1. The van der Waals surface area contributed by atoms with Gasteiger partial charge in [0.15, 0.2) is 5.58 Å². The summed E-state index contributed by atoms with van der Waals surface area (Å²) in [4.78, 5) is 22.0. The molecule has 0 bridgehead atoms. The molecule has 2 aromatic carbocycles. The lowest BCUT2D eigenvalue weighted by Gasteiger charge is -2.07. The molecule has 0 saturated carbocycles. The van der Waals surface area contributed by atoms with Crippen LogP contribution in [0, 0.1) is 0 Å². The highest BCUT2D eigenvalue weighted by atomic mass is 16.5. The van der Waals surface area contributed by atoms with E-state index in [-0.39, 0.29) is 12.2 Å². The summed E-state index contributed by atoms with van der Waals surface area (Å²) in [5.74, 6) is -0.498. The Morgan fingerprint density at radius 2 is 1.88 bits per heavy atom. The van der Waals surface area contributed by atoms with Gasteiger partial charge in [0.2, 0.25) is 0 Å². The summed E-state index contributed by atoms with van der Waals surface area (Å²) < 4.78 is 12.3. The van der Waals surface area contributed by atoms with Crippen LogP contribution in [-0.4, -0.2) is 15.6 Å². The van der Waals surface area contributed by atoms with Crippen LogP contribution in [-0.2, 0) is 24.9 Å². The number of aryl methyl sites for hydroxylation is 2. The predicted molar refractivity (Wildman–Crippen MR) is 88.2 cm³/mol. The number of oxazole rings is 1. The topological polar surface area (TPSA) is 81.7 Å². The standard InChI is InChI=1S/C18H17NO5/c1-19-15-8-4-13(10-16(15)24-18(19)22)11-23-14-6-2-12(3-7-14)5-9-17(20)21/h2-4,6-8,10H,5,9,11H2,1H3,(H,20,21). The van der Waals surface area contributed by atoms with Gasteiger partial charge in [0, 0.05) is 13.5 Å². The fourth-order valence-corrected chi connectivity index (χ4v) is 2.44. The second-order valence-electron chi connectivity index (χ2n) is 5.56. The number of rotatable bonds is 6. The van der Waals surface area contributed by atoms with Gasteiger partial charge in [-0.2, -0.15) is 0 Å². The van der Waals surface area contributed by atoms with Gasteiger partial charge in [-0.1, -0.05) is 18.2 Å². The average molecular weight is 327 g/mol. The van der Waals surface area contributed by atoms with Crippen LogP contribution in [0.15, 0.2) is 51.7 Å². The maximum absolute atomic E-state index is 11.5. The number of hydrogen-bond acceptors (Lipinski definition) is 4. The molecule has 6 heteroatoms. The van der Waals surface area contributed by atoms with Crippen molar-refractivity contribution >= 4 is 17.1 Å². The largest absolute Gasteiger partial charge is 0.489 e. The molecule has 0 fully saturated rings. The van der Waals surface area contributed by atoms with Crippen molar-refractivity contribution in [3.63, 3.8) is 0 Å². The van der Waals surface area contributed by atoms with Crippen LogP contribution in [0.4, 0.5) is 0 Å². The molecule has 0 amide bonds. The van der Waals surface area contributed by atoms with Crippen molar-refractivity contribution < 1.29 is 19.1 Å².